The zero-order valence-corrected chi connectivity index (χ0v) is 12.6. The molecule has 1 heterocycles. The molecule has 1 fully saturated rings. The molecule has 0 unspecified atom stereocenters. The molecular formula is C14H22N2O2S. The summed E-state index contributed by atoms with van der Waals surface area (Å²) in [5, 5.41) is 15.4. The van der Waals surface area contributed by atoms with Crippen LogP contribution in [0.2, 0.25) is 0 Å². The van der Waals surface area contributed by atoms with Gasteiger partial charge in [-0.2, -0.15) is 0 Å². The lowest BCUT2D eigenvalue weighted by Gasteiger charge is -2.34. The van der Waals surface area contributed by atoms with Gasteiger partial charge in [-0.1, -0.05) is 19.3 Å². The predicted molar refractivity (Wildman–Crippen MR) is 77.9 cm³/mol. The van der Waals surface area contributed by atoms with E-state index in [1.165, 1.54) is 30.6 Å². The number of aromatic nitrogens is 1. The Morgan fingerprint density at radius 2 is 2.05 bits per heavy atom. The van der Waals surface area contributed by atoms with Gasteiger partial charge in [0.1, 0.15) is 5.41 Å². The Labute approximate surface area is 118 Å². The molecule has 0 bridgehead atoms. The van der Waals surface area contributed by atoms with E-state index in [0.29, 0.717) is 5.69 Å². The lowest BCUT2D eigenvalue weighted by Crippen LogP contribution is -2.36. The molecule has 0 amide bonds. The fourth-order valence-corrected chi connectivity index (χ4v) is 3.47. The highest BCUT2D eigenvalue weighted by atomic mass is 32.1. The van der Waals surface area contributed by atoms with Crippen molar-refractivity contribution in [3.63, 3.8) is 0 Å². The normalized spacial score (nSPS) is 19.1. The molecule has 1 aliphatic rings. The Morgan fingerprint density at radius 1 is 1.42 bits per heavy atom. The van der Waals surface area contributed by atoms with E-state index in [1.54, 1.807) is 13.8 Å². The molecule has 1 saturated carbocycles. The largest absolute Gasteiger partial charge is 0.481 e. The lowest BCUT2D eigenvalue weighted by molar-refractivity contribution is -0.142. The second kappa shape index (κ2) is 5.12. The molecule has 5 heteroatoms. The standard InChI is InChI=1S/C14H22N2O2S/c1-13(2,11(17)18)10-9-19-12(15-10)16-14(3)7-5-4-6-8-14/h9H,4-8H2,1-3H3,(H,15,16)(H,17,18). The van der Waals surface area contributed by atoms with E-state index in [1.807, 2.05) is 5.38 Å². The second-order valence-electron chi connectivity index (χ2n) is 6.21. The smallest absolute Gasteiger partial charge is 0.315 e. The fourth-order valence-electron chi connectivity index (χ4n) is 2.44. The van der Waals surface area contributed by atoms with Crippen molar-refractivity contribution in [3.05, 3.63) is 11.1 Å². The van der Waals surface area contributed by atoms with E-state index in [9.17, 15) is 9.90 Å². The molecule has 0 saturated heterocycles. The molecule has 1 aliphatic carbocycles. The number of hydrogen-bond donors (Lipinski definition) is 2. The van der Waals surface area contributed by atoms with Crippen LogP contribution in [0, 0.1) is 0 Å². The van der Waals surface area contributed by atoms with Gasteiger partial charge in [0.05, 0.1) is 5.69 Å². The first-order valence-corrected chi connectivity index (χ1v) is 7.69. The van der Waals surface area contributed by atoms with E-state index >= 15 is 0 Å². The highest BCUT2D eigenvalue weighted by molar-refractivity contribution is 7.13. The van der Waals surface area contributed by atoms with Crippen LogP contribution in [0.3, 0.4) is 0 Å². The molecule has 19 heavy (non-hydrogen) atoms. The number of thiazole rings is 1. The van der Waals surface area contributed by atoms with E-state index in [0.717, 1.165) is 18.0 Å². The number of anilines is 1. The van der Waals surface area contributed by atoms with Gasteiger partial charge in [0.15, 0.2) is 5.13 Å². The van der Waals surface area contributed by atoms with Gasteiger partial charge >= 0.3 is 5.97 Å². The summed E-state index contributed by atoms with van der Waals surface area (Å²) >= 11 is 1.50. The van der Waals surface area contributed by atoms with Gasteiger partial charge in [0.25, 0.3) is 0 Å². The molecule has 1 aromatic heterocycles. The molecule has 0 atom stereocenters. The number of hydrogen-bond acceptors (Lipinski definition) is 4. The third kappa shape index (κ3) is 3.08. The van der Waals surface area contributed by atoms with E-state index in [2.05, 4.69) is 17.2 Å². The molecule has 0 aromatic carbocycles. The summed E-state index contributed by atoms with van der Waals surface area (Å²) < 4.78 is 0. The minimum atomic E-state index is -0.927. The Morgan fingerprint density at radius 3 is 2.63 bits per heavy atom. The summed E-state index contributed by atoms with van der Waals surface area (Å²) in [7, 11) is 0. The highest BCUT2D eigenvalue weighted by Crippen LogP contribution is 2.34. The number of rotatable bonds is 4. The Balaban J connectivity index is 2.11. The lowest BCUT2D eigenvalue weighted by atomic mass is 9.83. The Hall–Kier alpha value is -1.10. The first-order chi connectivity index (χ1) is 8.83. The van der Waals surface area contributed by atoms with Crippen LogP contribution < -0.4 is 5.32 Å². The number of aliphatic carboxylic acids is 1. The molecule has 106 valence electrons. The van der Waals surface area contributed by atoms with E-state index < -0.39 is 11.4 Å². The molecule has 0 radical (unpaired) electrons. The second-order valence-corrected chi connectivity index (χ2v) is 7.07. The van der Waals surface area contributed by atoms with Gasteiger partial charge in [-0.3, -0.25) is 4.79 Å². The molecule has 2 rings (SSSR count). The predicted octanol–water partition coefficient (Wildman–Crippen LogP) is 3.64. The molecule has 0 spiro atoms. The third-order valence-corrected chi connectivity index (χ3v) is 4.80. The Kier molecular flexibility index (Phi) is 3.85. The fraction of sp³-hybridized carbons (Fsp3) is 0.714. The van der Waals surface area contributed by atoms with Crippen molar-refractivity contribution >= 4 is 22.4 Å². The maximum absolute atomic E-state index is 11.2. The van der Waals surface area contributed by atoms with Crippen LogP contribution in [-0.2, 0) is 10.2 Å². The van der Waals surface area contributed by atoms with Gasteiger partial charge in [0.2, 0.25) is 0 Å². The van der Waals surface area contributed by atoms with Gasteiger partial charge in [-0.05, 0) is 33.6 Å². The summed E-state index contributed by atoms with van der Waals surface area (Å²) in [4.78, 5) is 15.7. The first-order valence-electron chi connectivity index (χ1n) is 6.81. The average Bonchev–Trinajstić information content (AvgIpc) is 2.78. The van der Waals surface area contributed by atoms with Crippen LogP contribution in [0.4, 0.5) is 5.13 Å². The van der Waals surface area contributed by atoms with Crippen LogP contribution in [0.5, 0.6) is 0 Å². The van der Waals surface area contributed by atoms with Gasteiger partial charge in [-0.25, -0.2) is 4.98 Å². The third-order valence-electron chi connectivity index (χ3n) is 4.05. The maximum Gasteiger partial charge on any atom is 0.315 e. The van der Waals surface area contributed by atoms with Crippen molar-refractivity contribution in [2.24, 2.45) is 0 Å². The minimum absolute atomic E-state index is 0.112. The van der Waals surface area contributed by atoms with Crippen LogP contribution >= 0.6 is 11.3 Å². The molecule has 2 N–H and O–H groups in total. The summed E-state index contributed by atoms with van der Waals surface area (Å²) in [6, 6.07) is 0. The monoisotopic (exact) mass is 282 g/mol. The topological polar surface area (TPSA) is 62.2 Å². The summed E-state index contributed by atoms with van der Waals surface area (Å²) in [6.45, 7) is 5.61. The molecule has 4 nitrogen and oxygen atoms in total. The van der Waals surface area contributed by atoms with E-state index in [-0.39, 0.29) is 5.54 Å². The zero-order valence-electron chi connectivity index (χ0n) is 11.8. The zero-order chi connectivity index (χ0) is 14.1. The maximum atomic E-state index is 11.2. The van der Waals surface area contributed by atoms with Crippen LogP contribution in [-0.4, -0.2) is 21.6 Å². The number of nitrogens with zero attached hydrogens (tertiary/aromatic N) is 1. The van der Waals surface area contributed by atoms with Crippen molar-refractivity contribution in [2.75, 3.05) is 5.32 Å². The quantitative estimate of drug-likeness (QED) is 0.885. The molecule has 0 aliphatic heterocycles. The highest BCUT2D eigenvalue weighted by Gasteiger charge is 2.33. The number of nitrogens with one attached hydrogen (secondary N) is 1. The SMILES string of the molecule is CC1(Nc2nc(C(C)(C)C(=O)O)cs2)CCCCC1. The van der Waals surface area contributed by atoms with Crippen LogP contribution in [0.15, 0.2) is 5.38 Å². The summed E-state index contributed by atoms with van der Waals surface area (Å²) in [5.41, 5.74) is -0.183. The van der Waals surface area contributed by atoms with Crippen molar-refractivity contribution < 1.29 is 9.90 Å². The molecule has 1 aromatic rings. The van der Waals surface area contributed by atoms with Gasteiger partial charge in [0, 0.05) is 10.9 Å². The van der Waals surface area contributed by atoms with Crippen molar-refractivity contribution in [1.29, 1.82) is 0 Å². The number of carboxylic acid groups (broad SMARTS) is 1. The van der Waals surface area contributed by atoms with Crippen LogP contribution in [0.1, 0.15) is 58.6 Å². The van der Waals surface area contributed by atoms with Crippen molar-refractivity contribution in [2.45, 2.75) is 63.8 Å². The van der Waals surface area contributed by atoms with Crippen molar-refractivity contribution in [1.82, 2.24) is 4.98 Å². The average molecular weight is 282 g/mol. The van der Waals surface area contributed by atoms with Crippen molar-refractivity contribution in [3.8, 4) is 0 Å². The molecular weight excluding hydrogens is 260 g/mol. The number of carboxylic acids is 1. The summed E-state index contributed by atoms with van der Waals surface area (Å²) in [6.07, 6.45) is 6.13. The van der Waals surface area contributed by atoms with Gasteiger partial charge < -0.3 is 10.4 Å². The first kappa shape index (κ1) is 14.3. The van der Waals surface area contributed by atoms with Crippen LogP contribution in [0.25, 0.3) is 0 Å². The summed E-state index contributed by atoms with van der Waals surface area (Å²) in [5.74, 6) is -0.840. The van der Waals surface area contributed by atoms with E-state index in [4.69, 9.17) is 0 Å². The minimum Gasteiger partial charge on any atom is -0.481 e. The Bertz CT molecular complexity index is 462. The number of carbonyl (C=O) groups is 1. The van der Waals surface area contributed by atoms with Gasteiger partial charge in [-0.15, -0.1) is 11.3 Å².